The normalized spacial score (nSPS) is 20.1. The highest BCUT2D eigenvalue weighted by Gasteiger charge is 2.23. The van der Waals surface area contributed by atoms with Gasteiger partial charge in [-0.3, -0.25) is 4.79 Å². The van der Waals surface area contributed by atoms with Gasteiger partial charge in [0.15, 0.2) is 5.82 Å². The summed E-state index contributed by atoms with van der Waals surface area (Å²) in [6.45, 7) is 3.37. The van der Waals surface area contributed by atoms with E-state index in [0.29, 0.717) is 31.1 Å². The number of piperidine rings is 1. The van der Waals surface area contributed by atoms with Crippen LogP contribution in [0.4, 0.5) is 0 Å². The molecular formula is C12H19N3O3. The third kappa shape index (κ3) is 3.29. The number of aromatic nitrogens is 2. The van der Waals surface area contributed by atoms with Crippen molar-refractivity contribution in [2.75, 3.05) is 19.7 Å². The number of amides is 1. The van der Waals surface area contributed by atoms with Gasteiger partial charge in [-0.2, -0.15) is 4.98 Å². The summed E-state index contributed by atoms with van der Waals surface area (Å²) < 4.78 is 4.97. The number of rotatable bonds is 4. The molecule has 100 valence electrons. The van der Waals surface area contributed by atoms with Gasteiger partial charge in [0.05, 0.1) is 0 Å². The largest absolute Gasteiger partial charge is 0.396 e. The predicted molar refractivity (Wildman–Crippen MR) is 63.7 cm³/mol. The van der Waals surface area contributed by atoms with E-state index in [4.69, 9.17) is 9.63 Å². The quantitative estimate of drug-likeness (QED) is 0.847. The topological polar surface area (TPSA) is 79.5 Å². The Bertz CT molecular complexity index is 405. The molecule has 0 aliphatic carbocycles. The molecule has 6 nitrogen and oxygen atoms in total. The molecule has 18 heavy (non-hydrogen) atoms. The van der Waals surface area contributed by atoms with Gasteiger partial charge in [-0.15, -0.1) is 0 Å². The minimum Gasteiger partial charge on any atom is -0.396 e. The summed E-state index contributed by atoms with van der Waals surface area (Å²) in [5.41, 5.74) is 0. The van der Waals surface area contributed by atoms with Crippen molar-refractivity contribution < 1.29 is 14.4 Å². The lowest BCUT2D eigenvalue weighted by Crippen LogP contribution is -2.41. The molecule has 1 amide bonds. The lowest BCUT2D eigenvalue weighted by Gasteiger charge is -2.31. The lowest BCUT2D eigenvalue weighted by molar-refractivity contribution is -0.133. The maximum Gasteiger partial charge on any atom is 0.227 e. The summed E-state index contributed by atoms with van der Waals surface area (Å²) in [4.78, 5) is 17.9. The molecule has 1 saturated heterocycles. The van der Waals surface area contributed by atoms with Crippen molar-refractivity contribution in [3.05, 3.63) is 11.7 Å². The van der Waals surface area contributed by atoms with Gasteiger partial charge >= 0.3 is 0 Å². The summed E-state index contributed by atoms with van der Waals surface area (Å²) in [6, 6.07) is 0. The van der Waals surface area contributed by atoms with Crippen LogP contribution in [0.1, 0.15) is 31.0 Å². The zero-order chi connectivity index (χ0) is 13.0. The van der Waals surface area contributed by atoms with Crippen molar-refractivity contribution >= 4 is 5.91 Å². The minimum absolute atomic E-state index is 0.101. The van der Waals surface area contributed by atoms with Crippen molar-refractivity contribution in [3.8, 4) is 0 Å². The van der Waals surface area contributed by atoms with E-state index in [0.717, 1.165) is 19.4 Å². The number of aliphatic hydroxyl groups is 1. The summed E-state index contributed by atoms with van der Waals surface area (Å²) in [5.74, 6) is 1.43. The third-order valence-electron chi connectivity index (χ3n) is 3.25. The second kappa shape index (κ2) is 5.95. The molecule has 1 aromatic heterocycles. The Balaban J connectivity index is 1.80. The molecule has 2 heterocycles. The number of likely N-dealkylation sites (tertiary alicyclic amines) is 1. The smallest absolute Gasteiger partial charge is 0.227 e. The van der Waals surface area contributed by atoms with Gasteiger partial charge in [-0.1, -0.05) is 5.16 Å². The zero-order valence-corrected chi connectivity index (χ0v) is 10.6. The van der Waals surface area contributed by atoms with Crippen LogP contribution in [0.5, 0.6) is 0 Å². The molecule has 0 radical (unpaired) electrons. The first kappa shape index (κ1) is 13.0. The monoisotopic (exact) mass is 253 g/mol. The standard InChI is InChI=1S/C12H19N3O3/c1-9-13-11(18-14-9)4-5-12(17)15-6-2-3-10(7-15)8-16/h10,16H,2-8H2,1H3. The first-order chi connectivity index (χ1) is 8.69. The van der Waals surface area contributed by atoms with E-state index in [2.05, 4.69) is 10.1 Å². The molecule has 2 rings (SSSR count). The molecule has 1 atom stereocenters. The number of hydrogen-bond acceptors (Lipinski definition) is 5. The van der Waals surface area contributed by atoms with Crippen LogP contribution in [0.25, 0.3) is 0 Å². The Hall–Kier alpha value is -1.43. The van der Waals surface area contributed by atoms with Crippen LogP contribution in [0.15, 0.2) is 4.52 Å². The molecule has 1 fully saturated rings. The van der Waals surface area contributed by atoms with Crippen LogP contribution >= 0.6 is 0 Å². The van der Waals surface area contributed by atoms with Gasteiger partial charge in [0.2, 0.25) is 11.8 Å². The Morgan fingerprint density at radius 3 is 3.11 bits per heavy atom. The van der Waals surface area contributed by atoms with E-state index in [1.54, 1.807) is 6.92 Å². The van der Waals surface area contributed by atoms with Gasteiger partial charge in [0.25, 0.3) is 0 Å². The molecular weight excluding hydrogens is 234 g/mol. The highest BCUT2D eigenvalue weighted by Crippen LogP contribution is 2.17. The van der Waals surface area contributed by atoms with Crippen LogP contribution in [0.3, 0.4) is 0 Å². The molecule has 0 spiro atoms. The number of hydrogen-bond donors (Lipinski definition) is 1. The van der Waals surface area contributed by atoms with Gasteiger partial charge in [0, 0.05) is 32.5 Å². The molecule has 0 aromatic carbocycles. The number of aliphatic hydroxyl groups excluding tert-OH is 1. The molecule has 1 unspecified atom stereocenters. The average Bonchev–Trinajstić information content (AvgIpc) is 2.82. The van der Waals surface area contributed by atoms with Gasteiger partial charge in [0.1, 0.15) is 0 Å². The zero-order valence-electron chi connectivity index (χ0n) is 10.6. The lowest BCUT2D eigenvalue weighted by atomic mass is 9.99. The van der Waals surface area contributed by atoms with E-state index < -0.39 is 0 Å². The summed E-state index contributed by atoms with van der Waals surface area (Å²) in [5, 5.41) is 12.8. The average molecular weight is 253 g/mol. The number of aryl methyl sites for hydroxylation is 2. The predicted octanol–water partition coefficient (Wildman–Crippen LogP) is 0.542. The van der Waals surface area contributed by atoms with Gasteiger partial charge in [-0.25, -0.2) is 0 Å². The van der Waals surface area contributed by atoms with E-state index >= 15 is 0 Å². The molecule has 0 saturated carbocycles. The summed E-state index contributed by atoms with van der Waals surface area (Å²) in [7, 11) is 0. The maximum atomic E-state index is 12.0. The fraction of sp³-hybridized carbons (Fsp3) is 0.750. The second-order valence-corrected chi connectivity index (χ2v) is 4.77. The summed E-state index contributed by atoms with van der Waals surface area (Å²) in [6.07, 6.45) is 2.85. The highest BCUT2D eigenvalue weighted by atomic mass is 16.5. The Kier molecular flexibility index (Phi) is 4.30. The molecule has 1 aromatic rings. The number of nitrogens with zero attached hydrogens (tertiary/aromatic N) is 3. The third-order valence-corrected chi connectivity index (χ3v) is 3.25. The van der Waals surface area contributed by atoms with Crippen molar-refractivity contribution in [2.24, 2.45) is 5.92 Å². The molecule has 6 heteroatoms. The fourth-order valence-electron chi connectivity index (χ4n) is 2.25. The Morgan fingerprint density at radius 2 is 2.44 bits per heavy atom. The second-order valence-electron chi connectivity index (χ2n) is 4.77. The first-order valence-corrected chi connectivity index (χ1v) is 6.37. The fourth-order valence-corrected chi connectivity index (χ4v) is 2.25. The van der Waals surface area contributed by atoms with Gasteiger partial charge in [-0.05, 0) is 25.7 Å². The van der Waals surface area contributed by atoms with Crippen LogP contribution < -0.4 is 0 Å². The van der Waals surface area contributed by atoms with Crippen molar-refractivity contribution in [2.45, 2.75) is 32.6 Å². The molecule has 1 aliphatic rings. The maximum absolute atomic E-state index is 12.0. The van der Waals surface area contributed by atoms with Crippen molar-refractivity contribution in [1.29, 1.82) is 0 Å². The van der Waals surface area contributed by atoms with E-state index in [9.17, 15) is 4.79 Å². The van der Waals surface area contributed by atoms with Crippen molar-refractivity contribution in [3.63, 3.8) is 0 Å². The molecule has 0 bridgehead atoms. The molecule has 1 N–H and O–H groups in total. The van der Waals surface area contributed by atoms with E-state index in [1.165, 1.54) is 0 Å². The summed E-state index contributed by atoms with van der Waals surface area (Å²) >= 11 is 0. The number of carbonyl (C=O) groups is 1. The van der Waals surface area contributed by atoms with Crippen molar-refractivity contribution in [1.82, 2.24) is 15.0 Å². The van der Waals surface area contributed by atoms with Gasteiger partial charge < -0.3 is 14.5 Å². The van der Waals surface area contributed by atoms with E-state index in [1.807, 2.05) is 4.90 Å². The van der Waals surface area contributed by atoms with Crippen LogP contribution in [0.2, 0.25) is 0 Å². The minimum atomic E-state index is 0.101. The highest BCUT2D eigenvalue weighted by molar-refractivity contribution is 5.76. The number of carbonyl (C=O) groups excluding carboxylic acids is 1. The van der Waals surface area contributed by atoms with Crippen LogP contribution in [-0.4, -0.2) is 45.8 Å². The first-order valence-electron chi connectivity index (χ1n) is 6.37. The van der Waals surface area contributed by atoms with E-state index in [-0.39, 0.29) is 18.4 Å². The molecule has 1 aliphatic heterocycles. The Morgan fingerprint density at radius 1 is 1.61 bits per heavy atom. The Labute approximate surface area is 106 Å². The van der Waals surface area contributed by atoms with Crippen LogP contribution in [-0.2, 0) is 11.2 Å². The van der Waals surface area contributed by atoms with Crippen LogP contribution in [0, 0.1) is 12.8 Å². The SMILES string of the molecule is Cc1noc(CCC(=O)N2CCCC(CO)C2)n1.